The first kappa shape index (κ1) is 8.10. The monoisotopic (exact) mass is 175 g/mol. The lowest BCUT2D eigenvalue weighted by Crippen LogP contribution is -2.22. The second kappa shape index (κ2) is 3.09. The van der Waals surface area contributed by atoms with Crippen molar-refractivity contribution in [2.24, 2.45) is 0 Å². The lowest BCUT2D eigenvalue weighted by molar-refractivity contribution is 1.00. The summed E-state index contributed by atoms with van der Waals surface area (Å²) < 4.78 is 0. The van der Waals surface area contributed by atoms with Crippen molar-refractivity contribution in [3.8, 4) is 0 Å². The van der Waals surface area contributed by atoms with Crippen molar-refractivity contribution in [3.63, 3.8) is 0 Å². The van der Waals surface area contributed by atoms with Crippen LogP contribution in [0.15, 0.2) is 17.5 Å². The SMILES string of the molecule is CNC1=C(C)CC=c2[nH]ncc2=C1. The molecule has 2 rings (SSSR count). The Kier molecular flexibility index (Phi) is 1.93. The molecule has 0 unspecified atom stereocenters. The average Bonchev–Trinajstić information content (AvgIpc) is 2.52. The third kappa shape index (κ3) is 1.37. The Morgan fingerprint density at radius 1 is 1.54 bits per heavy atom. The zero-order valence-corrected chi connectivity index (χ0v) is 7.89. The summed E-state index contributed by atoms with van der Waals surface area (Å²) in [5.74, 6) is 0. The number of hydrogen-bond acceptors (Lipinski definition) is 2. The fourth-order valence-electron chi connectivity index (χ4n) is 1.51. The zero-order valence-electron chi connectivity index (χ0n) is 7.89. The summed E-state index contributed by atoms with van der Waals surface area (Å²) in [7, 11) is 1.94. The smallest absolute Gasteiger partial charge is 0.0614 e. The summed E-state index contributed by atoms with van der Waals surface area (Å²) in [6.45, 7) is 2.14. The van der Waals surface area contributed by atoms with Crippen LogP contribution in [-0.4, -0.2) is 17.2 Å². The molecule has 1 aliphatic rings. The van der Waals surface area contributed by atoms with Gasteiger partial charge in [0.1, 0.15) is 0 Å². The summed E-state index contributed by atoms with van der Waals surface area (Å²) in [4.78, 5) is 0. The fourth-order valence-corrected chi connectivity index (χ4v) is 1.51. The Morgan fingerprint density at radius 3 is 3.15 bits per heavy atom. The maximum atomic E-state index is 4.00. The molecular formula is C10H13N3. The van der Waals surface area contributed by atoms with E-state index in [0.29, 0.717) is 0 Å². The van der Waals surface area contributed by atoms with Crippen LogP contribution in [0.4, 0.5) is 0 Å². The molecule has 0 aliphatic heterocycles. The van der Waals surface area contributed by atoms with E-state index in [0.717, 1.165) is 17.0 Å². The van der Waals surface area contributed by atoms with Crippen LogP contribution in [0.5, 0.6) is 0 Å². The van der Waals surface area contributed by atoms with Crippen LogP contribution < -0.4 is 15.9 Å². The van der Waals surface area contributed by atoms with E-state index in [1.54, 1.807) is 0 Å². The molecule has 1 aromatic heterocycles. The number of hydrogen-bond donors (Lipinski definition) is 2. The van der Waals surface area contributed by atoms with Gasteiger partial charge in [0.25, 0.3) is 0 Å². The fraction of sp³-hybridized carbons (Fsp3) is 0.300. The van der Waals surface area contributed by atoms with E-state index in [1.807, 2.05) is 13.2 Å². The molecule has 0 bridgehead atoms. The highest BCUT2D eigenvalue weighted by molar-refractivity contribution is 5.51. The summed E-state index contributed by atoms with van der Waals surface area (Å²) in [5.41, 5.74) is 2.54. The van der Waals surface area contributed by atoms with Gasteiger partial charge in [-0.15, -0.1) is 0 Å². The highest BCUT2D eigenvalue weighted by atomic mass is 15.1. The topological polar surface area (TPSA) is 40.7 Å². The van der Waals surface area contributed by atoms with Gasteiger partial charge >= 0.3 is 0 Å². The number of fused-ring (bicyclic) bond motifs is 1. The van der Waals surface area contributed by atoms with Crippen molar-refractivity contribution in [1.29, 1.82) is 0 Å². The van der Waals surface area contributed by atoms with Crippen LogP contribution >= 0.6 is 0 Å². The van der Waals surface area contributed by atoms with Gasteiger partial charge in [-0.25, -0.2) is 0 Å². The number of nitrogens with zero attached hydrogens (tertiary/aromatic N) is 1. The quantitative estimate of drug-likeness (QED) is 0.624. The molecule has 0 fully saturated rings. The number of aromatic amines is 1. The molecule has 68 valence electrons. The molecule has 2 N–H and O–H groups in total. The number of allylic oxidation sites excluding steroid dienone is 2. The predicted molar refractivity (Wildman–Crippen MR) is 53.1 cm³/mol. The van der Waals surface area contributed by atoms with Crippen molar-refractivity contribution >= 4 is 12.2 Å². The van der Waals surface area contributed by atoms with E-state index in [-0.39, 0.29) is 0 Å². The van der Waals surface area contributed by atoms with E-state index in [9.17, 15) is 0 Å². The molecule has 0 amide bonds. The second-order valence-electron chi connectivity index (χ2n) is 3.24. The minimum Gasteiger partial charge on any atom is -0.388 e. The van der Waals surface area contributed by atoms with Crippen molar-refractivity contribution < 1.29 is 0 Å². The highest BCUT2D eigenvalue weighted by Gasteiger charge is 2.00. The Hall–Kier alpha value is -1.51. The maximum Gasteiger partial charge on any atom is 0.0614 e. The highest BCUT2D eigenvalue weighted by Crippen LogP contribution is 2.08. The predicted octanol–water partition coefficient (Wildman–Crippen LogP) is -0.132. The van der Waals surface area contributed by atoms with Crippen molar-refractivity contribution in [2.45, 2.75) is 13.3 Å². The lowest BCUT2D eigenvalue weighted by atomic mass is 10.2. The summed E-state index contributed by atoms with van der Waals surface area (Å²) >= 11 is 0. The van der Waals surface area contributed by atoms with E-state index < -0.39 is 0 Å². The van der Waals surface area contributed by atoms with Gasteiger partial charge in [0.2, 0.25) is 0 Å². The largest absolute Gasteiger partial charge is 0.388 e. The van der Waals surface area contributed by atoms with Crippen LogP contribution in [0.25, 0.3) is 12.2 Å². The van der Waals surface area contributed by atoms with Gasteiger partial charge in [-0.1, -0.05) is 6.08 Å². The number of H-pyrrole nitrogens is 1. The molecule has 0 saturated carbocycles. The number of rotatable bonds is 1. The molecule has 0 atom stereocenters. The van der Waals surface area contributed by atoms with Crippen molar-refractivity contribution in [3.05, 3.63) is 28.0 Å². The van der Waals surface area contributed by atoms with Crippen LogP contribution in [0.2, 0.25) is 0 Å². The third-order valence-corrected chi connectivity index (χ3v) is 2.34. The Labute approximate surface area is 76.9 Å². The van der Waals surface area contributed by atoms with Gasteiger partial charge in [-0.2, -0.15) is 5.10 Å². The Bertz CT molecular complexity index is 451. The number of nitrogens with one attached hydrogen (secondary N) is 2. The van der Waals surface area contributed by atoms with Gasteiger partial charge in [-0.3, -0.25) is 5.10 Å². The zero-order chi connectivity index (χ0) is 9.26. The molecule has 3 heteroatoms. The Balaban J connectivity index is 2.64. The second-order valence-corrected chi connectivity index (χ2v) is 3.24. The van der Waals surface area contributed by atoms with E-state index in [1.165, 1.54) is 11.3 Å². The molecule has 0 aromatic carbocycles. The Morgan fingerprint density at radius 2 is 2.38 bits per heavy atom. The molecule has 13 heavy (non-hydrogen) atoms. The summed E-state index contributed by atoms with van der Waals surface area (Å²) in [5, 5.41) is 12.4. The van der Waals surface area contributed by atoms with Crippen LogP contribution in [0.1, 0.15) is 13.3 Å². The molecule has 0 radical (unpaired) electrons. The molecule has 0 saturated heterocycles. The third-order valence-electron chi connectivity index (χ3n) is 2.34. The van der Waals surface area contributed by atoms with Crippen molar-refractivity contribution in [2.75, 3.05) is 7.05 Å². The van der Waals surface area contributed by atoms with Crippen LogP contribution in [0.3, 0.4) is 0 Å². The molecular weight excluding hydrogens is 162 g/mol. The van der Waals surface area contributed by atoms with E-state index >= 15 is 0 Å². The molecule has 0 spiro atoms. The first-order valence-corrected chi connectivity index (χ1v) is 4.40. The first-order valence-electron chi connectivity index (χ1n) is 4.40. The van der Waals surface area contributed by atoms with Gasteiger partial charge in [-0.05, 0) is 25.0 Å². The lowest BCUT2D eigenvalue weighted by Gasteiger charge is -2.03. The standard InChI is InChI=1S/C10H13N3/c1-7-3-4-9-8(6-12-13-9)5-10(7)11-2/h4-6,11,13H,3H2,1-2H3. The first-order chi connectivity index (χ1) is 6.31. The number of aromatic nitrogens is 2. The van der Waals surface area contributed by atoms with E-state index in [4.69, 9.17) is 0 Å². The van der Waals surface area contributed by atoms with E-state index in [2.05, 4.69) is 34.6 Å². The molecule has 1 heterocycles. The van der Waals surface area contributed by atoms with Gasteiger partial charge in [0, 0.05) is 18.0 Å². The van der Waals surface area contributed by atoms with Crippen LogP contribution in [-0.2, 0) is 0 Å². The average molecular weight is 175 g/mol. The van der Waals surface area contributed by atoms with Crippen LogP contribution in [0, 0.1) is 0 Å². The van der Waals surface area contributed by atoms with Gasteiger partial charge < -0.3 is 5.32 Å². The minimum absolute atomic E-state index is 0.974. The minimum atomic E-state index is 0.974. The molecule has 1 aliphatic carbocycles. The summed E-state index contributed by atoms with van der Waals surface area (Å²) in [6, 6.07) is 0. The van der Waals surface area contributed by atoms with Crippen molar-refractivity contribution in [1.82, 2.24) is 15.5 Å². The maximum absolute atomic E-state index is 4.00. The van der Waals surface area contributed by atoms with Gasteiger partial charge in [0.15, 0.2) is 0 Å². The molecule has 3 nitrogen and oxygen atoms in total. The molecule has 1 aromatic rings. The normalized spacial score (nSPS) is 15.5. The summed E-state index contributed by atoms with van der Waals surface area (Å²) in [6.07, 6.45) is 7.11. The van der Waals surface area contributed by atoms with Gasteiger partial charge in [0.05, 0.1) is 11.5 Å².